The Morgan fingerprint density at radius 2 is 1.96 bits per heavy atom. The zero-order valence-corrected chi connectivity index (χ0v) is 14.4. The Kier molecular flexibility index (Phi) is 4.44. The molecule has 1 N–H and O–H groups in total. The number of amides is 2. The summed E-state index contributed by atoms with van der Waals surface area (Å²) in [6.07, 6.45) is 0.388. The first-order chi connectivity index (χ1) is 11.9. The summed E-state index contributed by atoms with van der Waals surface area (Å²) >= 11 is 0. The molecule has 2 aromatic carbocycles. The van der Waals surface area contributed by atoms with Gasteiger partial charge in [0.05, 0.1) is 7.11 Å². The smallest absolute Gasteiger partial charge is 0.328 e. The number of rotatable bonds is 3. The molecule has 0 saturated heterocycles. The summed E-state index contributed by atoms with van der Waals surface area (Å²) in [4.78, 5) is 37.9. The molecule has 1 aliphatic rings. The maximum Gasteiger partial charge on any atom is 0.328 e. The highest BCUT2D eigenvalue weighted by Crippen LogP contribution is 2.35. The van der Waals surface area contributed by atoms with Crippen LogP contribution in [0, 0.1) is 0 Å². The molecular formula is C19H20N2O4. The molecule has 0 saturated carbocycles. The lowest BCUT2D eigenvalue weighted by atomic mass is 9.91. The lowest BCUT2D eigenvalue weighted by Crippen LogP contribution is -2.56. The van der Waals surface area contributed by atoms with Crippen molar-refractivity contribution < 1.29 is 19.1 Å². The number of nitrogens with zero attached hydrogens (tertiary/aromatic N) is 1. The molecule has 2 aromatic rings. The van der Waals surface area contributed by atoms with Crippen LogP contribution in [0.3, 0.4) is 0 Å². The third-order valence-corrected chi connectivity index (χ3v) is 4.53. The second-order valence-electron chi connectivity index (χ2n) is 6.15. The van der Waals surface area contributed by atoms with Crippen molar-refractivity contribution >= 4 is 34.2 Å². The van der Waals surface area contributed by atoms with Crippen LogP contribution in [0.25, 0.3) is 10.8 Å². The fraction of sp³-hybridized carbons (Fsp3) is 0.316. The highest BCUT2D eigenvalue weighted by atomic mass is 16.5. The van der Waals surface area contributed by atoms with E-state index in [0.29, 0.717) is 12.1 Å². The molecule has 6 heteroatoms. The first-order valence-electron chi connectivity index (χ1n) is 8.12. The maximum absolute atomic E-state index is 12.9. The summed E-state index contributed by atoms with van der Waals surface area (Å²) in [6, 6.07) is 10.1. The van der Waals surface area contributed by atoms with Gasteiger partial charge in [0.1, 0.15) is 12.1 Å². The van der Waals surface area contributed by atoms with Crippen LogP contribution in [0.4, 0.5) is 5.69 Å². The van der Waals surface area contributed by atoms with Crippen LogP contribution in [0.2, 0.25) is 0 Å². The summed E-state index contributed by atoms with van der Waals surface area (Å²) in [5.74, 6) is -1.10. The van der Waals surface area contributed by atoms with Gasteiger partial charge in [0, 0.05) is 19.0 Å². The lowest BCUT2D eigenvalue weighted by Gasteiger charge is -2.37. The molecule has 6 nitrogen and oxygen atoms in total. The zero-order valence-electron chi connectivity index (χ0n) is 14.4. The van der Waals surface area contributed by atoms with Gasteiger partial charge in [0.2, 0.25) is 5.91 Å². The van der Waals surface area contributed by atoms with Crippen molar-refractivity contribution in [1.29, 1.82) is 0 Å². The Bertz CT molecular complexity index is 862. The molecule has 0 aromatic heterocycles. The van der Waals surface area contributed by atoms with Gasteiger partial charge in [0.15, 0.2) is 0 Å². The SMILES string of the molecule is COC(=O)[C@@H](C)N1C(=O)[C@@H](NC(C)=O)Cc2c1ccc1ccccc21. The molecule has 0 radical (unpaired) electrons. The molecule has 1 heterocycles. The van der Waals surface area contributed by atoms with Crippen molar-refractivity contribution in [3.63, 3.8) is 0 Å². The molecule has 3 rings (SSSR count). The minimum atomic E-state index is -0.783. The molecule has 1 aliphatic heterocycles. The van der Waals surface area contributed by atoms with E-state index >= 15 is 0 Å². The number of hydrogen-bond acceptors (Lipinski definition) is 4. The van der Waals surface area contributed by atoms with Gasteiger partial charge in [-0.2, -0.15) is 0 Å². The predicted molar refractivity (Wildman–Crippen MR) is 94.2 cm³/mol. The number of carbonyl (C=O) groups excluding carboxylic acids is 3. The van der Waals surface area contributed by atoms with Crippen LogP contribution in [0.1, 0.15) is 19.4 Å². The average molecular weight is 340 g/mol. The van der Waals surface area contributed by atoms with Crippen LogP contribution < -0.4 is 10.2 Å². The minimum absolute atomic E-state index is 0.285. The third kappa shape index (κ3) is 2.95. The number of fused-ring (bicyclic) bond motifs is 3. The quantitative estimate of drug-likeness (QED) is 0.865. The topological polar surface area (TPSA) is 75.7 Å². The van der Waals surface area contributed by atoms with Gasteiger partial charge < -0.3 is 10.1 Å². The van der Waals surface area contributed by atoms with E-state index in [1.165, 1.54) is 18.9 Å². The highest BCUT2D eigenvalue weighted by Gasteiger charge is 2.39. The van der Waals surface area contributed by atoms with Crippen LogP contribution >= 0.6 is 0 Å². The van der Waals surface area contributed by atoms with Crippen LogP contribution in [-0.2, 0) is 25.5 Å². The fourth-order valence-corrected chi connectivity index (χ4v) is 3.38. The number of nitrogens with one attached hydrogen (secondary N) is 1. The number of ether oxygens (including phenoxy) is 1. The lowest BCUT2D eigenvalue weighted by molar-refractivity contribution is -0.143. The van der Waals surface area contributed by atoms with Crippen LogP contribution in [0.15, 0.2) is 36.4 Å². The molecule has 0 aliphatic carbocycles. The van der Waals surface area contributed by atoms with Gasteiger partial charge in [-0.3, -0.25) is 14.5 Å². The first kappa shape index (κ1) is 17.0. The summed E-state index contributed by atoms with van der Waals surface area (Å²) in [7, 11) is 1.29. The summed E-state index contributed by atoms with van der Waals surface area (Å²) < 4.78 is 4.81. The third-order valence-electron chi connectivity index (χ3n) is 4.53. The number of methoxy groups -OCH3 is 1. The molecule has 130 valence electrons. The van der Waals surface area contributed by atoms with Gasteiger partial charge in [-0.25, -0.2) is 4.79 Å². The highest BCUT2D eigenvalue weighted by molar-refractivity contribution is 6.08. The van der Waals surface area contributed by atoms with Gasteiger partial charge in [-0.05, 0) is 29.3 Å². The summed E-state index contributed by atoms with van der Waals surface area (Å²) in [5, 5.41) is 4.75. The average Bonchev–Trinajstić information content (AvgIpc) is 2.60. The second kappa shape index (κ2) is 6.55. The van der Waals surface area contributed by atoms with Crippen molar-refractivity contribution in [3.8, 4) is 0 Å². The van der Waals surface area contributed by atoms with E-state index < -0.39 is 18.1 Å². The molecule has 2 atom stereocenters. The summed E-state index contributed by atoms with van der Waals surface area (Å²) in [5.41, 5.74) is 1.62. The first-order valence-corrected chi connectivity index (χ1v) is 8.12. The fourth-order valence-electron chi connectivity index (χ4n) is 3.38. The van der Waals surface area contributed by atoms with Crippen molar-refractivity contribution in [3.05, 3.63) is 42.0 Å². The second-order valence-corrected chi connectivity index (χ2v) is 6.15. The molecular weight excluding hydrogens is 320 g/mol. The molecule has 0 spiro atoms. The number of hydrogen-bond donors (Lipinski definition) is 1. The molecule has 25 heavy (non-hydrogen) atoms. The Balaban J connectivity index is 2.17. The molecule has 0 fully saturated rings. The van der Waals surface area contributed by atoms with Gasteiger partial charge >= 0.3 is 5.97 Å². The zero-order chi connectivity index (χ0) is 18.1. The van der Waals surface area contributed by atoms with E-state index in [4.69, 9.17) is 4.74 Å². The van der Waals surface area contributed by atoms with Crippen molar-refractivity contribution in [2.45, 2.75) is 32.4 Å². The normalized spacial score (nSPS) is 17.8. The van der Waals surface area contributed by atoms with E-state index in [1.807, 2.05) is 36.4 Å². The van der Waals surface area contributed by atoms with Crippen molar-refractivity contribution in [1.82, 2.24) is 5.32 Å². The van der Waals surface area contributed by atoms with E-state index in [1.54, 1.807) is 6.92 Å². The van der Waals surface area contributed by atoms with Gasteiger partial charge in [-0.15, -0.1) is 0 Å². The standard InChI is InChI=1S/C19H20N2O4/c1-11(19(24)25-3)21-17-9-8-13-6-4-5-7-14(13)15(17)10-16(18(21)23)20-12(2)22/h4-9,11,16H,10H2,1-3H3,(H,20,22)/t11-,16+/m1/s1. The predicted octanol–water partition coefficient (Wildman–Crippen LogP) is 1.80. The van der Waals surface area contributed by atoms with Crippen molar-refractivity contribution in [2.75, 3.05) is 12.0 Å². The number of anilines is 1. The van der Waals surface area contributed by atoms with E-state index in [9.17, 15) is 14.4 Å². The van der Waals surface area contributed by atoms with Crippen LogP contribution in [-0.4, -0.2) is 37.0 Å². The van der Waals surface area contributed by atoms with Crippen molar-refractivity contribution in [2.24, 2.45) is 0 Å². The minimum Gasteiger partial charge on any atom is -0.467 e. The van der Waals surface area contributed by atoms with Gasteiger partial charge in [0.25, 0.3) is 5.91 Å². The number of carbonyl (C=O) groups is 3. The van der Waals surface area contributed by atoms with Crippen LogP contribution in [0.5, 0.6) is 0 Å². The van der Waals surface area contributed by atoms with Gasteiger partial charge in [-0.1, -0.05) is 30.3 Å². The Labute approximate surface area is 145 Å². The maximum atomic E-state index is 12.9. The summed E-state index contributed by atoms with van der Waals surface area (Å²) in [6.45, 7) is 3.00. The number of benzene rings is 2. The van der Waals surface area contributed by atoms with E-state index in [2.05, 4.69) is 5.32 Å². The Morgan fingerprint density at radius 3 is 2.64 bits per heavy atom. The molecule has 2 amide bonds. The number of esters is 1. The largest absolute Gasteiger partial charge is 0.467 e. The van der Waals surface area contributed by atoms with E-state index in [-0.39, 0.29) is 11.8 Å². The van der Waals surface area contributed by atoms with E-state index in [0.717, 1.165) is 16.3 Å². The Hall–Kier alpha value is -2.89. The Morgan fingerprint density at radius 1 is 1.24 bits per heavy atom. The molecule has 0 unspecified atom stereocenters. The molecule has 0 bridgehead atoms. The monoisotopic (exact) mass is 340 g/mol.